The lowest BCUT2D eigenvalue weighted by atomic mass is 10.0. The number of carbonyl (C=O) groups excluding carboxylic acids is 3. The topological polar surface area (TPSA) is 84.9 Å². The van der Waals surface area contributed by atoms with Crippen LogP contribution in [0.3, 0.4) is 0 Å². The molecule has 0 rings (SSSR count). The number of hydrogen-bond donors (Lipinski definition) is 1. The van der Waals surface area contributed by atoms with Crippen LogP contribution in [-0.2, 0) is 14.3 Å². The number of ether oxygens (including phenoxy) is 2. The zero-order valence-corrected chi connectivity index (χ0v) is 12.1. The van der Waals surface area contributed by atoms with Gasteiger partial charge in [-0.3, -0.25) is 4.79 Å². The van der Waals surface area contributed by atoms with Crippen LogP contribution in [0.15, 0.2) is 0 Å². The van der Waals surface area contributed by atoms with Crippen LogP contribution >= 0.6 is 0 Å². The molecule has 0 aromatic carbocycles. The fourth-order valence-corrected chi connectivity index (χ4v) is 1.63. The highest BCUT2D eigenvalue weighted by Crippen LogP contribution is 2.12. The number of Topliss-reactive ketones (excluding diaryl/α,β-unsaturated/α-hetero) is 1. The average molecular weight is 274 g/mol. The predicted octanol–water partition coefficient (Wildman–Crippen LogP) is 1.72. The predicted molar refractivity (Wildman–Crippen MR) is 68.3 cm³/mol. The molecule has 0 saturated heterocycles. The number of nitrogens with zero attached hydrogens (tertiary/aromatic N) is 1. The van der Waals surface area contributed by atoms with E-state index in [9.17, 15) is 14.4 Å². The first-order valence-electron chi connectivity index (χ1n) is 6.24. The quantitative estimate of drug-likeness (QED) is 0.771. The van der Waals surface area contributed by atoms with Gasteiger partial charge in [0.25, 0.3) is 0 Å². The number of nitrogens with one attached hydrogen (secondary N) is 1. The Labute approximate surface area is 113 Å². The maximum atomic E-state index is 11.8. The first-order valence-corrected chi connectivity index (χ1v) is 6.24. The zero-order chi connectivity index (χ0) is 15.0. The lowest BCUT2D eigenvalue weighted by molar-refractivity contribution is -0.124. The molecule has 0 heterocycles. The van der Waals surface area contributed by atoms with Gasteiger partial charge in [0.15, 0.2) is 5.78 Å². The number of hydrogen-bond acceptors (Lipinski definition) is 5. The molecule has 0 saturated carbocycles. The number of rotatable bonds is 5. The van der Waals surface area contributed by atoms with E-state index in [2.05, 4.69) is 5.43 Å². The van der Waals surface area contributed by atoms with Crippen LogP contribution in [0.1, 0.15) is 34.6 Å². The second-order valence-corrected chi connectivity index (χ2v) is 4.20. The second-order valence-electron chi connectivity index (χ2n) is 4.20. The summed E-state index contributed by atoms with van der Waals surface area (Å²) in [4.78, 5) is 34.9. The van der Waals surface area contributed by atoms with E-state index in [1.165, 1.54) is 6.92 Å². The molecule has 0 spiro atoms. The molecule has 1 N–H and O–H groups in total. The third kappa shape index (κ3) is 5.58. The largest absolute Gasteiger partial charge is 0.449 e. The summed E-state index contributed by atoms with van der Waals surface area (Å²) >= 11 is 0. The highest BCUT2D eigenvalue weighted by Gasteiger charge is 2.33. The molecular weight excluding hydrogens is 252 g/mol. The standard InChI is InChI=1S/C12H22N2O5/c1-6-18-11(16)13-14(12(17)19-7-2)10(8(3)4)9(5)15/h8,10H,6-7H2,1-5H3,(H,13,16). The van der Waals surface area contributed by atoms with Crippen LogP contribution in [0.5, 0.6) is 0 Å². The van der Waals surface area contributed by atoms with E-state index < -0.39 is 18.2 Å². The molecule has 0 fully saturated rings. The van der Waals surface area contributed by atoms with Gasteiger partial charge in [0.2, 0.25) is 0 Å². The van der Waals surface area contributed by atoms with Gasteiger partial charge < -0.3 is 9.47 Å². The molecule has 7 nitrogen and oxygen atoms in total. The van der Waals surface area contributed by atoms with Gasteiger partial charge >= 0.3 is 12.2 Å². The van der Waals surface area contributed by atoms with E-state index in [0.29, 0.717) is 0 Å². The Morgan fingerprint density at radius 2 is 1.63 bits per heavy atom. The van der Waals surface area contributed by atoms with Crippen molar-refractivity contribution in [3.63, 3.8) is 0 Å². The van der Waals surface area contributed by atoms with Gasteiger partial charge in [-0.05, 0) is 26.7 Å². The van der Waals surface area contributed by atoms with E-state index in [1.54, 1.807) is 27.7 Å². The van der Waals surface area contributed by atoms with Crippen molar-refractivity contribution in [2.45, 2.75) is 40.7 Å². The normalized spacial score (nSPS) is 11.7. The molecule has 0 bridgehead atoms. The van der Waals surface area contributed by atoms with Crippen molar-refractivity contribution in [2.24, 2.45) is 5.92 Å². The zero-order valence-electron chi connectivity index (χ0n) is 12.1. The minimum absolute atomic E-state index is 0.141. The molecule has 0 aliphatic heterocycles. The van der Waals surface area contributed by atoms with Crippen molar-refractivity contribution < 1.29 is 23.9 Å². The molecule has 7 heteroatoms. The summed E-state index contributed by atoms with van der Waals surface area (Å²) in [6.45, 7) is 8.47. The molecule has 0 radical (unpaired) electrons. The molecule has 0 aliphatic carbocycles. The number of ketones is 1. The Morgan fingerprint density at radius 3 is 2.00 bits per heavy atom. The van der Waals surface area contributed by atoms with Gasteiger partial charge in [0.05, 0.1) is 13.2 Å². The van der Waals surface area contributed by atoms with E-state index in [1.807, 2.05) is 0 Å². The van der Waals surface area contributed by atoms with Crippen LogP contribution in [-0.4, -0.2) is 42.2 Å². The monoisotopic (exact) mass is 274 g/mol. The summed E-state index contributed by atoms with van der Waals surface area (Å²) in [6, 6.07) is -0.802. The van der Waals surface area contributed by atoms with E-state index >= 15 is 0 Å². The van der Waals surface area contributed by atoms with Crippen LogP contribution in [0.25, 0.3) is 0 Å². The summed E-state index contributed by atoms with van der Waals surface area (Å²) in [5.41, 5.74) is 2.24. The van der Waals surface area contributed by atoms with Crippen LogP contribution < -0.4 is 5.43 Å². The molecular formula is C12H22N2O5. The Bertz CT molecular complexity index is 330. The summed E-state index contributed by atoms with van der Waals surface area (Å²) < 4.78 is 9.53. The highest BCUT2D eigenvalue weighted by atomic mass is 16.6. The molecule has 1 atom stereocenters. The molecule has 2 amide bonds. The van der Waals surface area contributed by atoms with Crippen LogP contribution in [0.4, 0.5) is 9.59 Å². The third-order valence-corrected chi connectivity index (χ3v) is 2.28. The highest BCUT2D eigenvalue weighted by molar-refractivity contribution is 5.86. The summed E-state index contributed by atoms with van der Waals surface area (Å²) in [5, 5.41) is 0.883. The summed E-state index contributed by atoms with van der Waals surface area (Å²) in [5.74, 6) is -0.427. The molecule has 19 heavy (non-hydrogen) atoms. The Morgan fingerprint density at radius 1 is 1.11 bits per heavy atom. The lowest BCUT2D eigenvalue weighted by Gasteiger charge is -2.31. The summed E-state index contributed by atoms with van der Waals surface area (Å²) in [7, 11) is 0. The Hall–Kier alpha value is -1.79. The molecule has 0 aliphatic rings. The van der Waals surface area contributed by atoms with E-state index in [4.69, 9.17) is 9.47 Å². The van der Waals surface area contributed by atoms with E-state index in [0.717, 1.165) is 5.01 Å². The van der Waals surface area contributed by atoms with Crippen molar-refractivity contribution in [3.8, 4) is 0 Å². The fourth-order valence-electron chi connectivity index (χ4n) is 1.63. The average Bonchev–Trinajstić information content (AvgIpc) is 2.27. The number of hydrazine groups is 1. The fraction of sp³-hybridized carbons (Fsp3) is 0.750. The van der Waals surface area contributed by atoms with Gasteiger partial charge in [-0.25, -0.2) is 20.0 Å². The first-order chi connectivity index (χ1) is 8.84. The van der Waals surface area contributed by atoms with Crippen molar-refractivity contribution in [3.05, 3.63) is 0 Å². The maximum Gasteiger partial charge on any atom is 0.429 e. The summed E-state index contributed by atoms with van der Waals surface area (Å²) in [6.07, 6.45) is -1.59. The SMILES string of the molecule is CCOC(=O)NN(C(=O)OCC)C(C(C)=O)C(C)C. The molecule has 0 aromatic heterocycles. The van der Waals surface area contributed by atoms with Crippen molar-refractivity contribution in [1.29, 1.82) is 0 Å². The van der Waals surface area contributed by atoms with E-state index in [-0.39, 0.29) is 24.9 Å². The third-order valence-electron chi connectivity index (χ3n) is 2.28. The van der Waals surface area contributed by atoms with Crippen molar-refractivity contribution in [2.75, 3.05) is 13.2 Å². The van der Waals surface area contributed by atoms with Crippen molar-refractivity contribution >= 4 is 18.0 Å². The lowest BCUT2D eigenvalue weighted by Crippen LogP contribution is -2.56. The second kappa shape index (κ2) is 8.34. The number of amides is 2. The minimum atomic E-state index is -0.803. The molecule has 1 unspecified atom stereocenters. The smallest absolute Gasteiger partial charge is 0.429 e. The Balaban J connectivity index is 5.07. The molecule has 0 aromatic rings. The first kappa shape index (κ1) is 17.2. The molecule has 110 valence electrons. The van der Waals surface area contributed by atoms with Crippen LogP contribution in [0, 0.1) is 5.92 Å². The van der Waals surface area contributed by atoms with Gasteiger partial charge in [0.1, 0.15) is 6.04 Å². The van der Waals surface area contributed by atoms with Gasteiger partial charge in [-0.1, -0.05) is 13.8 Å². The Kier molecular flexibility index (Phi) is 7.55. The maximum absolute atomic E-state index is 11.8. The van der Waals surface area contributed by atoms with Gasteiger partial charge in [0, 0.05) is 0 Å². The van der Waals surface area contributed by atoms with Crippen LogP contribution in [0.2, 0.25) is 0 Å². The number of carbonyl (C=O) groups is 3. The minimum Gasteiger partial charge on any atom is -0.449 e. The van der Waals surface area contributed by atoms with Gasteiger partial charge in [-0.15, -0.1) is 0 Å². The van der Waals surface area contributed by atoms with Gasteiger partial charge in [-0.2, -0.15) is 0 Å². The van der Waals surface area contributed by atoms with Crippen molar-refractivity contribution in [1.82, 2.24) is 10.4 Å².